The molecular formula is C21H26F2N4O4S. The predicted octanol–water partition coefficient (Wildman–Crippen LogP) is 3.98. The second-order valence-electron chi connectivity index (χ2n) is 7.87. The van der Waals surface area contributed by atoms with Gasteiger partial charge < -0.3 is 15.0 Å². The van der Waals surface area contributed by atoms with Crippen LogP contribution in [0.1, 0.15) is 75.5 Å². The van der Waals surface area contributed by atoms with E-state index in [2.05, 4.69) is 10.4 Å². The number of thiophene rings is 1. The maximum atomic E-state index is 13.4. The van der Waals surface area contributed by atoms with Gasteiger partial charge in [0, 0.05) is 20.0 Å². The van der Waals surface area contributed by atoms with E-state index in [0.29, 0.717) is 17.7 Å². The van der Waals surface area contributed by atoms with Crippen molar-refractivity contribution in [3.05, 3.63) is 33.5 Å². The van der Waals surface area contributed by atoms with Gasteiger partial charge in [-0.05, 0) is 37.8 Å². The molecule has 1 fully saturated rings. The van der Waals surface area contributed by atoms with Gasteiger partial charge in [-0.3, -0.25) is 14.3 Å². The highest BCUT2D eigenvalue weighted by Crippen LogP contribution is 2.40. The first-order valence-electron chi connectivity index (χ1n) is 10.3. The summed E-state index contributed by atoms with van der Waals surface area (Å²) in [5, 5.41) is 6.91. The van der Waals surface area contributed by atoms with Crippen LogP contribution in [0, 0.1) is 6.92 Å². The molecule has 0 bridgehead atoms. The third-order valence-corrected chi connectivity index (χ3v) is 6.18. The Morgan fingerprint density at radius 2 is 2.03 bits per heavy atom. The lowest BCUT2D eigenvalue weighted by Crippen LogP contribution is -2.22. The normalized spacial score (nSPS) is 13.3. The van der Waals surface area contributed by atoms with E-state index < -0.39 is 24.8 Å². The van der Waals surface area contributed by atoms with Crippen molar-refractivity contribution >= 4 is 34.1 Å². The van der Waals surface area contributed by atoms with Crippen molar-refractivity contribution < 1.29 is 27.9 Å². The van der Waals surface area contributed by atoms with Gasteiger partial charge in [-0.1, -0.05) is 6.92 Å². The SMILES string of the molecule is CCCOC(=O)c1c(NC(=O)Cn2nc(C3CC3)cc2C(F)F)sc(C(=O)N(C)C)c1C. The van der Waals surface area contributed by atoms with E-state index in [-0.39, 0.29) is 39.6 Å². The van der Waals surface area contributed by atoms with Crippen molar-refractivity contribution in [3.8, 4) is 0 Å². The molecule has 1 N–H and O–H groups in total. The van der Waals surface area contributed by atoms with Gasteiger partial charge in [-0.15, -0.1) is 11.3 Å². The predicted molar refractivity (Wildman–Crippen MR) is 115 cm³/mol. The van der Waals surface area contributed by atoms with Crippen molar-refractivity contribution in [2.75, 3.05) is 26.0 Å². The molecule has 0 aromatic carbocycles. The zero-order chi connectivity index (χ0) is 23.6. The van der Waals surface area contributed by atoms with Crippen molar-refractivity contribution in [1.29, 1.82) is 0 Å². The van der Waals surface area contributed by atoms with Gasteiger partial charge >= 0.3 is 5.97 Å². The molecule has 2 heterocycles. The number of anilines is 1. The summed E-state index contributed by atoms with van der Waals surface area (Å²) < 4.78 is 33.0. The molecule has 2 aromatic heterocycles. The standard InChI is InChI=1S/C21H26F2N4O4S/c1-5-8-31-21(30)16-11(2)17(20(29)26(3)4)32-19(16)24-15(28)10-27-14(18(22)23)9-13(25-27)12-6-7-12/h9,12,18H,5-8,10H2,1-4H3,(H,24,28). The second kappa shape index (κ2) is 9.76. The van der Waals surface area contributed by atoms with Crippen LogP contribution in [0.5, 0.6) is 0 Å². The van der Waals surface area contributed by atoms with Gasteiger partial charge in [0.05, 0.1) is 22.7 Å². The largest absolute Gasteiger partial charge is 0.462 e. The minimum atomic E-state index is -2.77. The smallest absolute Gasteiger partial charge is 0.341 e. The monoisotopic (exact) mass is 468 g/mol. The Balaban J connectivity index is 1.87. The van der Waals surface area contributed by atoms with E-state index in [4.69, 9.17) is 4.74 Å². The summed E-state index contributed by atoms with van der Waals surface area (Å²) in [4.78, 5) is 39.5. The van der Waals surface area contributed by atoms with Crippen molar-refractivity contribution in [1.82, 2.24) is 14.7 Å². The minimum absolute atomic E-state index is 0.0928. The van der Waals surface area contributed by atoms with Crippen LogP contribution in [0.3, 0.4) is 0 Å². The molecule has 0 spiro atoms. The number of rotatable bonds is 9. The summed E-state index contributed by atoms with van der Waals surface area (Å²) >= 11 is 0.952. The molecule has 2 aromatic rings. The van der Waals surface area contributed by atoms with Crippen molar-refractivity contribution in [2.45, 2.75) is 52.0 Å². The Morgan fingerprint density at radius 3 is 2.59 bits per heavy atom. The number of halogens is 2. The molecule has 1 aliphatic rings. The van der Waals surface area contributed by atoms with Crippen molar-refractivity contribution in [3.63, 3.8) is 0 Å². The van der Waals surface area contributed by atoms with Crippen LogP contribution in [0.2, 0.25) is 0 Å². The van der Waals surface area contributed by atoms with Gasteiger partial charge in [0.15, 0.2) is 0 Å². The van der Waals surface area contributed by atoms with Crippen LogP contribution < -0.4 is 5.32 Å². The molecule has 2 amide bonds. The number of nitrogens with zero attached hydrogens (tertiary/aromatic N) is 3. The van der Waals surface area contributed by atoms with Gasteiger partial charge in [0.1, 0.15) is 17.2 Å². The lowest BCUT2D eigenvalue weighted by molar-refractivity contribution is -0.117. The molecule has 0 aliphatic heterocycles. The highest BCUT2D eigenvalue weighted by molar-refractivity contribution is 7.18. The van der Waals surface area contributed by atoms with E-state index in [9.17, 15) is 23.2 Å². The molecule has 0 saturated heterocycles. The Bertz CT molecular complexity index is 1030. The third kappa shape index (κ3) is 5.14. The zero-order valence-corrected chi connectivity index (χ0v) is 19.2. The highest BCUT2D eigenvalue weighted by atomic mass is 32.1. The van der Waals surface area contributed by atoms with Gasteiger partial charge in [0.2, 0.25) is 5.91 Å². The van der Waals surface area contributed by atoms with Crippen LogP contribution in [0.25, 0.3) is 0 Å². The van der Waals surface area contributed by atoms with Crippen molar-refractivity contribution in [2.24, 2.45) is 0 Å². The number of carbonyl (C=O) groups excluding carboxylic acids is 3. The molecule has 1 aliphatic carbocycles. The molecule has 0 unspecified atom stereocenters. The number of amides is 2. The maximum absolute atomic E-state index is 13.4. The number of ether oxygens (including phenoxy) is 1. The zero-order valence-electron chi connectivity index (χ0n) is 18.4. The first-order valence-corrected chi connectivity index (χ1v) is 11.1. The number of alkyl halides is 2. The van der Waals surface area contributed by atoms with Gasteiger partial charge in [0.25, 0.3) is 12.3 Å². The molecule has 3 rings (SSSR count). The molecule has 174 valence electrons. The van der Waals surface area contributed by atoms with Crippen LogP contribution in [0.15, 0.2) is 6.07 Å². The summed E-state index contributed by atoms with van der Waals surface area (Å²) in [6.45, 7) is 3.20. The lowest BCUT2D eigenvalue weighted by Gasteiger charge is -2.09. The fourth-order valence-corrected chi connectivity index (χ4v) is 4.39. The molecule has 32 heavy (non-hydrogen) atoms. The average molecular weight is 469 g/mol. The van der Waals surface area contributed by atoms with Crippen LogP contribution in [0.4, 0.5) is 13.8 Å². The number of aromatic nitrogens is 2. The number of esters is 1. The minimum Gasteiger partial charge on any atom is -0.462 e. The number of hydrogen-bond acceptors (Lipinski definition) is 6. The first kappa shape index (κ1) is 23.8. The van der Waals surface area contributed by atoms with E-state index >= 15 is 0 Å². The molecule has 1 saturated carbocycles. The van der Waals surface area contributed by atoms with Gasteiger partial charge in [-0.25, -0.2) is 13.6 Å². The summed E-state index contributed by atoms with van der Waals surface area (Å²) in [6, 6.07) is 1.34. The van der Waals surface area contributed by atoms with E-state index in [0.717, 1.165) is 28.9 Å². The first-order chi connectivity index (χ1) is 15.1. The number of hydrogen-bond donors (Lipinski definition) is 1. The quantitative estimate of drug-likeness (QED) is 0.562. The highest BCUT2D eigenvalue weighted by Gasteiger charge is 2.30. The van der Waals surface area contributed by atoms with Gasteiger partial charge in [-0.2, -0.15) is 5.10 Å². The fraction of sp³-hybridized carbons (Fsp3) is 0.524. The number of nitrogens with one attached hydrogen (secondary N) is 1. The Morgan fingerprint density at radius 1 is 1.34 bits per heavy atom. The summed E-state index contributed by atoms with van der Waals surface area (Å²) in [5.74, 6) is -1.45. The molecule has 8 nitrogen and oxygen atoms in total. The third-order valence-electron chi connectivity index (χ3n) is 4.98. The number of carbonyl (C=O) groups is 3. The molecule has 0 radical (unpaired) electrons. The molecular weight excluding hydrogens is 442 g/mol. The Labute approximate surface area is 188 Å². The lowest BCUT2D eigenvalue weighted by atomic mass is 10.1. The van der Waals surface area contributed by atoms with E-state index in [1.807, 2.05) is 6.92 Å². The van der Waals surface area contributed by atoms with E-state index in [1.165, 1.54) is 11.0 Å². The summed E-state index contributed by atoms with van der Waals surface area (Å²) in [6.07, 6.45) is -0.367. The van der Waals surface area contributed by atoms with Crippen LogP contribution in [-0.4, -0.2) is 53.2 Å². The topological polar surface area (TPSA) is 93.5 Å². The maximum Gasteiger partial charge on any atom is 0.341 e. The Hall–Kier alpha value is -2.82. The van der Waals surface area contributed by atoms with Crippen LogP contribution in [-0.2, 0) is 16.1 Å². The Kier molecular flexibility index (Phi) is 7.27. The summed E-state index contributed by atoms with van der Waals surface area (Å²) in [5.41, 5.74) is 0.724. The molecule has 11 heteroatoms. The summed E-state index contributed by atoms with van der Waals surface area (Å²) in [7, 11) is 3.16. The van der Waals surface area contributed by atoms with Crippen LogP contribution >= 0.6 is 11.3 Å². The fourth-order valence-electron chi connectivity index (χ4n) is 3.16. The van der Waals surface area contributed by atoms with E-state index in [1.54, 1.807) is 21.0 Å². The second-order valence-corrected chi connectivity index (χ2v) is 8.89. The molecule has 0 atom stereocenters. The average Bonchev–Trinajstić information content (AvgIpc) is 3.41.